The second-order valence-corrected chi connectivity index (χ2v) is 7.93. The van der Waals surface area contributed by atoms with Gasteiger partial charge in [-0.2, -0.15) is 0 Å². The monoisotopic (exact) mass is 417 g/mol. The maximum atomic E-state index is 11.0. The van der Waals surface area contributed by atoms with Crippen LogP contribution in [0.3, 0.4) is 0 Å². The summed E-state index contributed by atoms with van der Waals surface area (Å²) in [6.07, 6.45) is 2.80. The Morgan fingerprint density at radius 2 is 1.77 bits per heavy atom. The minimum Gasteiger partial charge on any atom is -0.493 e. The second-order valence-electron chi connectivity index (χ2n) is 7.93. The summed E-state index contributed by atoms with van der Waals surface area (Å²) in [6.45, 7) is 3.14. The summed E-state index contributed by atoms with van der Waals surface area (Å²) in [5, 5.41) is 9.04. The van der Waals surface area contributed by atoms with Crippen LogP contribution in [-0.4, -0.2) is 29.3 Å². The van der Waals surface area contributed by atoms with E-state index in [2.05, 4.69) is 11.1 Å². The van der Waals surface area contributed by atoms with Crippen LogP contribution >= 0.6 is 0 Å². The lowest BCUT2D eigenvalue weighted by molar-refractivity contribution is -0.137. The molecule has 1 atom stereocenters. The summed E-state index contributed by atoms with van der Waals surface area (Å²) >= 11 is 0. The topological polar surface area (TPSA) is 68.7 Å². The first kappa shape index (κ1) is 20.9. The average Bonchev–Trinajstić information content (AvgIpc) is 3.15. The van der Waals surface area contributed by atoms with Crippen molar-refractivity contribution in [3.05, 3.63) is 77.5 Å². The van der Waals surface area contributed by atoms with Gasteiger partial charge < -0.3 is 14.6 Å². The molecule has 0 saturated carbocycles. The van der Waals surface area contributed by atoms with Crippen molar-refractivity contribution in [2.45, 2.75) is 38.5 Å². The standard InChI is InChI=1S/C26H27NO4/c1-18-4-2-5-25(27-18)19-8-10-22(11-9-19)30-14-3-15-31-23-12-13-24-20(16-23)6-7-21(24)17-26(28)29/h2,4-5,8-13,16,21H,3,6-7,14-15,17H2,1H3,(H,28,29)/t21-/m0/s1. The number of carboxylic acid groups (broad SMARTS) is 1. The lowest BCUT2D eigenvalue weighted by Gasteiger charge is -2.11. The molecular weight excluding hydrogens is 390 g/mol. The van der Waals surface area contributed by atoms with Crippen molar-refractivity contribution in [2.24, 2.45) is 0 Å². The number of aromatic nitrogens is 1. The molecule has 0 saturated heterocycles. The lowest BCUT2D eigenvalue weighted by Crippen LogP contribution is -2.05. The summed E-state index contributed by atoms with van der Waals surface area (Å²) in [6, 6.07) is 20.0. The Balaban J connectivity index is 1.22. The molecule has 160 valence electrons. The Morgan fingerprint density at radius 1 is 1.03 bits per heavy atom. The molecule has 5 heteroatoms. The molecule has 2 aromatic carbocycles. The number of pyridine rings is 1. The first-order valence-electron chi connectivity index (χ1n) is 10.7. The van der Waals surface area contributed by atoms with Gasteiger partial charge in [0.15, 0.2) is 0 Å². The van der Waals surface area contributed by atoms with Crippen LogP contribution in [0, 0.1) is 6.92 Å². The molecule has 0 spiro atoms. The van der Waals surface area contributed by atoms with E-state index < -0.39 is 5.97 Å². The number of aliphatic carboxylic acids is 1. The molecule has 0 aliphatic heterocycles. The van der Waals surface area contributed by atoms with Gasteiger partial charge in [-0.3, -0.25) is 9.78 Å². The molecule has 0 radical (unpaired) electrons. The average molecular weight is 418 g/mol. The van der Waals surface area contributed by atoms with Crippen molar-refractivity contribution in [3.8, 4) is 22.8 Å². The number of benzene rings is 2. The number of nitrogens with zero attached hydrogens (tertiary/aromatic N) is 1. The number of aryl methyl sites for hydroxylation is 2. The van der Waals surface area contributed by atoms with Crippen molar-refractivity contribution >= 4 is 5.97 Å². The summed E-state index contributed by atoms with van der Waals surface area (Å²) in [5.74, 6) is 1.06. The zero-order valence-corrected chi connectivity index (χ0v) is 17.7. The number of ether oxygens (including phenoxy) is 2. The van der Waals surface area contributed by atoms with Crippen LogP contribution in [0.1, 0.15) is 42.0 Å². The number of rotatable bonds is 9. The predicted molar refractivity (Wildman–Crippen MR) is 120 cm³/mol. The maximum Gasteiger partial charge on any atom is 0.303 e. The van der Waals surface area contributed by atoms with E-state index in [9.17, 15) is 4.79 Å². The number of fused-ring (bicyclic) bond motifs is 1. The van der Waals surface area contributed by atoms with Gasteiger partial charge in [-0.15, -0.1) is 0 Å². The van der Waals surface area contributed by atoms with Gasteiger partial charge in [0, 0.05) is 17.7 Å². The number of carboxylic acids is 1. The van der Waals surface area contributed by atoms with E-state index in [1.807, 2.05) is 61.5 Å². The number of carbonyl (C=O) groups is 1. The van der Waals surface area contributed by atoms with Gasteiger partial charge in [-0.25, -0.2) is 0 Å². The molecule has 1 aliphatic rings. The van der Waals surface area contributed by atoms with Gasteiger partial charge in [-0.05, 0) is 85.3 Å². The third kappa shape index (κ3) is 5.43. The fourth-order valence-electron chi connectivity index (χ4n) is 4.06. The quantitative estimate of drug-likeness (QED) is 0.472. The van der Waals surface area contributed by atoms with Crippen LogP contribution in [0.2, 0.25) is 0 Å². The summed E-state index contributed by atoms with van der Waals surface area (Å²) in [7, 11) is 0. The molecule has 1 aromatic heterocycles. The normalized spacial score (nSPS) is 14.8. The van der Waals surface area contributed by atoms with Crippen LogP contribution in [0.4, 0.5) is 0 Å². The lowest BCUT2D eigenvalue weighted by atomic mass is 9.98. The predicted octanol–water partition coefficient (Wildman–Crippen LogP) is 5.41. The molecule has 1 heterocycles. The summed E-state index contributed by atoms with van der Waals surface area (Å²) in [4.78, 5) is 15.5. The van der Waals surface area contributed by atoms with Crippen LogP contribution in [0.15, 0.2) is 60.7 Å². The van der Waals surface area contributed by atoms with Gasteiger partial charge in [0.25, 0.3) is 0 Å². The molecule has 1 N–H and O–H groups in total. The molecule has 4 rings (SSSR count). The highest BCUT2D eigenvalue weighted by Gasteiger charge is 2.24. The van der Waals surface area contributed by atoms with E-state index >= 15 is 0 Å². The zero-order valence-electron chi connectivity index (χ0n) is 17.7. The van der Waals surface area contributed by atoms with Crippen molar-refractivity contribution in [1.82, 2.24) is 4.98 Å². The number of hydrogen-bond donors (Lipinski definition) is 1. The molecule has 31 heavy (non-hydrogen) atoms. The third-order valence-corrected chi connectivity index (χ3v) is 5.60. The van der Waals surface area contributed by atoms with Crippen LogP contribution in [0.25, 0.3) is 11.3 Å². The Morgan fingerprint density at radius 3 is 2.52 bits per heavy atom. The Hall–Kier alpha value is -3.34. The highest BCUT2D eigenvalue weighted by molar-refractivity contribution is 5.68. The summed E-state index contributed by atoms with van der Waals surface area (Å²) in [5.41, 5.74) is 5.40. The van der Waals surface area contributed by atoms with Crippen molar-refractivity contribution in [3.63, 3.8) is 0 Å². The molecule has 0 unspecified atom stereocenters. The molecular formula is C26H27NO4. The largest absolute Gasteiger partial charge is 0.493 e. The van der Waals surface area contributed by atoms with E-state index in [1.54, 1.807) is 0 Å². The number of hydrogen-bond acceptors (Lipinski definition) is 4. The van der Waals surface area contributed by atoms with Gasteiger partial charge in [0.05, 0.1) is 25.3 Å². The molecule has 3 aromatic rings. The minimum atomic E-state index is -0.736. The van der Waals surface area contributed by atoms with E-state index in [1.165, 1.54) is 5.56 Å². The third-order valence-electron chi connectivity index (χ3n) is 5.60. The molecule has 1 aliphatic carbocycles. The van der Waals surface area contributed by atoms with E-state index in [4.69, 9.17) is 14.6 Å². The fourth-order valence-corrected chi connectivity index (χ4v) is 4.06. The smallest absolute Gasteiger partial charge is 0.303 e. The summed E-state index contributed by atoms with van der Waals surface area (Å²) < 4.78 is 11.7. The highest BCUT2D eigenvalue weighted by atomic mass is 16.5. The van der Waals surface area contributed by atoms with Crippen molar-refractivity contribution in [1.29, 1.82) is 0 Å². The van der Waals surface area contributed by atoms with Crippen LogP contribution < -0.4 is 9.47 Å². The Bertz CT molecular complexity index is 1050. The first-order valence-corrected chi connectivity index (χ1v) is 10.7. The van der Waals surface area contributed by atoms with Gasteiger partial charge in [0.2, 0.25) is 0 Å². The zero-order chi connectivity index (χ0) is 21.6. The molecule has 0 fully saturated rings. The Labute approximate surface area is 182 Å². The highest BCUT2D eigenvalue weighted by Crippen LogP contribution is 2.37. The van der Waals surface area contributed by atoms with E-state index in [-0.39, 0.29) is 12.3 Å². The SMILES string of the molecule is Cc1cccc(-c2ccc(OCCCOc3ccc4c(c3)CC[C@H]4CC(=O)O)cc2)n1. The van der Waals surface area contributed by atoms with Crippen LogP contribution in [-0.2, 0) is 11.2 Å². The van der Waals surface area contributed by atoms with Gasteiger partial charge in [-0.1, -0.05) is 12.1 Å². The van der Waals surface area contributed by atoms with E-state index in [0.29, 0.717) is 13.2 Å². The molecule has 5 nitrogen and oxygen atoms in total. The van der Waals surface area contributed by atoms with Crippen LogP contribution in [0.5, 0.6) is 11.5 Å². The maximum absolute atomic E-state index is 11.0. The van der Waals surface area contributed by atoms with Gasteiger partial charge >= 0.3 is 5.97 Å². The van der Waals surface area contributed by atoms with Gasteiger partial charge in [0.1, 0.15) is 11.5 Å². The fraction of sp³-hybridized carbons (Fsp3) is 0.308. The van der Waals surface area contributed by atoms with Crippen molar-refractivity contribution in [2.75, 3.05) is 13.2 Å². The molecule has 0 amide bonds. The second kappa shape index (κ2) is 9.65. The minimum absolute atomic E-state index is 0.128. The van der Waals surface area contributed by atoms with Crippen molar-refractivity contribution < 1.29 is 19.4 Å². The molecule has 0 bridgehead atoms. The first-order chi connectivity index (χ1) is 15.1. The Kier molecular flexibility index (Phi) is 6.51. The van der Waals surface area contributed by atoms with E-state index in [0.717, 1.165) is 53.3 Å².